The molecule has 0 bridgehead atoms. The Morgan fingerprint density at radius 3 is 2.56 bits per heavy atom. The fraction of sp³-hybridized carbons (Fsp3) is 0.278. The van der Waals surface area contributed by atoms with Crippen LogP contribution in [0.15, 0.2) is 41.5 Å². The lowest BCUT2D eigenvalue weighted by molar-refractivity contribution is 0.0931. The number of anilines is 1. The first kappa shape index (κ1) is 19.1. The van der Waals surface area contributed by atoms with Crippen LogP contribution in [0.25, 0.3) is 0 Å². The molecule has 1 atom stereocenters. The Morgan fingerprint density at radius 1 is 1.11 bits per heavy atom. The van der Waals surface area contributed by atoms with Crippen LogP contribution in [0.1, 0.15) is 52.2 Å². The smallest absolute Gasteiger partial charge is 0.276 e. The number of pyridine rings is 1. The molecular formula is C18H19N5O2S2. The van der Waals surface area contributed by atoms with Gasteiger partial charge < -0.3 is 5.32 Å². The van der Waals surface area contributed by atoms with Gasteiger partial charge in [-0.3, -0.25) is 19.9 Å². The number of nitrogens with one attached hydrogen (secondary N) is 2. The van der Waals surface area contributed by atoms with Crippen molar-refractivity contribution in [3.8, 4) is 0 Å². The number of aromatic nitrogens is 3. The highest BCUT2D eigenvalue weighted by molar-refractivity contribution is 7.13. The summed E-state index contributed by atoms with van der Waals surface area (Å²) in [6, 6.07) is 3.06. The van der Waals surface area contributed by atoms with Crippen LogP contribution in [0.4, 0.5) is 5.13 Å². The minimum absolute atomic E-state index is 0.188. The molecule has 2 amide bonds. The molecule has 2 N–H and O–H groups in total. The molecule has 3 aromatic heterocycles. The summed E-state index contributed by atoms with van der Waals surface area (Å²) in [4.78, 5) is 37.2. The summed E-state index contributed by atoms with van der Waals surface area (Å²) in [5.41, 5.74) is 0.856. The van der Waals surface area contributed by atoms with Crippen molar-refractivity contribution in [3.63, 3.8) is 0 Å². The molecule has 3 heterocycles. The fourth-order valence-corrected chi connectivity index (χ4v) is 3.82. The Morgan fingerprint density at radius 2 is 1.89 bits per heavy atom. The van der Waals surface area contributed by atoms with Crippen molar-refractivity contribution in [1.29, 1.82) is 0 Å². The van der Waals surface area contributed by atoms with Crippen LogP contribution in [0.2, 0.25) is 0 Å². The lowest BCUT2D eigenvalue weighted by Crippen LogP contribution is -2.29. The molecule has 0 spiro atoms. The highest BCUT2D eigenvalue weighted by Crippen LogP contribution is 2.25. The summed E-state index contributed by atoms with van der Waals surface area (Å²) in [6.07, 6.45) is 5.51. The molecule has 0 saturated heterocycles. The van der Waals surface area contributed by atoms with E-state index >= 15 is 0 Å². The van der Waals surface area contributed by atoms with E-state index in [1.165, 1.54) is 22.7 Å². The highest BCUT2D eigenvalue weighted by Gasteiger charge is 2.22. The quantitative estimate of drug-likeness (QED) is 0.628. The van der Waals surface area contributed by atoms with Gasteiger partial charge in [-0.15, -0.1) is 22.7 Å². The number of hydrogen-bond donors (Lipinski definition) is 2. The second kappa shape index (κ2) is 8.83. The third-order valence-electron chi connectivity index (χ3n) is 3.66. The number of carbonyl (C=O) groups excluding carboxylic acids is 2. The first-order valence-electron chi connectivity index (χ1n) is 8.40. The Balaban J connectivity index is 1.74. The molecular weight excluding hydrogens is 382 g/mol. The van der Waals surface area contributed by atoms with E-state index in [2.05, 4.69) is 39.4 Å². The minimum atomic E-state index is -0.309. The van der Waals surface area contributed by atoms with Gasteiger partial charge in [-0.05, 0) is 24.5 Å². The van der Waals surface area contributed by atoms with Gasteiger partial charge in [0.1, 0.15) is 10.7 Å². The maximum absolute atomic E-state index is 12.5. The van der Waals surface area contributed by atoms with Gasteiger partial charge in [-0.1, -0.05) is 13.8 Å². The second-order valence-electron chi connectivity index (χ2n) is 6.25. The predicted molar refractivity (Wildman–Crippen MR) is 106 cm³/mol. The zero-order valence-electron chi connectivity index (χ0n) is 14.9. The second-order valence-corrected chi connectivity index (χ2v) is 8.04. The van der Waals surface area contributed by atoms with E-state index in [4.69, 9.17) is 0 Å². The molecule has 0 aliphatic rings. The van der Waals surface area contributed by atoms with Gasteiger partial charge in [-0.25, -0.2) is 9.97 Å². The Labute approximate surface area is 164 Å². The first-order chi connectivity index (χ1) is 13.0. The SMILES string of the molecule is CC(C)C[C@@H](NC(=O)c1ccncc1)c1nc(C(=O)Nc2nccs2)cs1. The van der Waals surface area contributed by atoms with E-state index in [9.17, 15) is 9.59 Å². The van der Waals surface area contributed by atoms with E-state index in [0.717, 1.165) is 6.42 Å². The third kappa shape index (κ3) is 5.18. The molecule has 140 valence electrons. The van der Waals surface area contributed by atoms with E-state index in [1.807, 2.05) is 0 Å². The Kier molecular flexibility index (Phi) is 6.25. The van der Waals surface area contributed by atoms with Crippen LogP contribution >= 0.6 is 22.7 Å². The van der Waals surface area contributed by atoms with Gasteiger partial charge >= 0.3 is 0 Å². The number of amides is 2. The number of nitrogens with zero attached hydrogens (tertiary/aromatic N) is 3. The van der Waals surface area contributed by atoms with Gasteiger partial charge in [0.2, 0.25) is 0 Å². The molecule has 7 nitrogen and oxygen atoms in total. The van der Waals surface area contributed by atoms with Crippen molar-refractivity contribution in [2.75, 3.05) is 5.32 Å². The van der Waals surface area contributed by atoms with Gasteiger partial charge in [-0.2, -0.15) is 0 Å². The lowest BCUT2D eigenvalue weighted by atomic mass is 10.0. The van der Waals surface area contributed by atoms with Crippen LogP contribution in [-0.2, 0) is 0 Å². The van der Waals surface area contributed by atoms with E-state index in [1.54, 1.807) is 41.5 Å². The molecule has 9 heteroatoms. The lowest BCUT2D eigenvalue weighted by Gasteiger charge is -2.18. The fourth-order valence-electron chi connectivity index (χ4n) is 2.44. The van der Waals surface area contributed by atoms with E-state index < -0.39 is 0 Å². The van der Waals surface area contributed by atoms with Crippen molar-refractivity contribution >= 4 is 39.6 Å². The summed E-state index contributed by atoms with van der Waals surface area (Å²) >= 11 is 2.71. The van der Waals surface area contributed by atoms with Gasteiger partial charge in [0, 0.05) is 34.9 Å². The maximum atomic E-state index is 12.5. The first-order valence-corrected chi connectivity index (χ1v) is 10.2. The van der Waals surface area contributed by atoms with Crippen LogP contribution in [0, 0.1) is 5.92 Å². The monoisotopic (exact) mass is 401 g/mol. The topological polar surface area (TPSA) is 96.9 Å². The average molecular weight is 402 g/mol. The van der Waals surface area contributed by atoms with E-state index in [0.29, 0.717) is 27.3 Å². The summed E-state index contributed by atoms with van der Waals surface area (Å²) < 4.78 is 0. The molecule has 0 aromatic carbocycles. The van der Waals surface area contributed by atoms with Gasteiger partial charge in [0.15, 0.2) is 5.13 Å². The predicted octanol–water partition coefficient (Wildman–Crippen LogP) is 3.76. The molecule has 0 aliphatic carbocycles. The largest absolute Gasteiger partial charge is 0.343 e. The zero-order valence-corrected chi connectivity index (χ0v) is 16.5. The van der Waals surface area contributed by atoms with Crippen LogP contribution in [-0.4, -0.2) is 26.8 Å². The van der Waals surface area contributed by atoms with Crippen LogP contribution < -0.4 is 10.6 Å². The molecule has 0 fully saturated rings. The number of rotatable bonds is 7. The van der Waals surface area contributed by atoms with Crippen LogP contribution in [0.5, 0.6) is 0 Å². The van der Waals surface area contributed by atoms with Crippen molar-refractivity contribution in [1.82, 2.24) is 20.3 Å². The zero-order chi connectivity index (χ0) is 19.2. The molecule has 0 radical (unpaired) electrons. The number of thiazole rings is 2. The third-order valence-corrected chi connectivity index (χ3v) is 5.31. The maximum Gasteiger partial charge on any atom is 0.276 e. The summed E-state index contributed by atoms with van der Waals surface area (Å²) in [6.45, 7) is 4.16. The molecule has 0 unspecified atom stereocenters. The Hall–Kier alpha value is -2.65. The number of carbonyl (C=O) groups is 2. The van der Waals surface area contributed by atoms with Crippen molar-refractivity contribution < 1.29 is 9.59 Å². The average Bonchev–Trinajstić information content (AvgIpc) is 3.33. The molecule has 0 aliphatic heterocycles. The van der Waals surface area contributed by atoms with E-state index in [-0.39, 0.29) is 17.9 Å². The van der Waals surface area contributed by atoms with Crippen molar-refractivity contribution in [2.45, 2.75) is 26.3 Å². The molecule has 0 saturated carbocycles. The van der Waals surface area contributed by atoms with Crippen molar-refractivity contribution in [2.24, 2.45) is 5.92 Å². The van der Waals surface area contributed by atoms with Gasteiger partial charge in [0.25, 0.3) is 11.8 Å². The molecule has 3 aromatic rings. The van der Waals surface area contributed by atoms with Gasteiger partial charge in [0.05, 0.1) is 6.04 Å². The summed E-state index contributed by atoms with van der Waals surface area (Å²) in [5.74, 6) is -0.146. The summed E-state index contributed by atoms with van der Waals surface area (Å²) in [5, 5.41) is 10.5. The molecule has 3 rings (SSSR count). The normalized spacial score (nSPS) is 12.0. The molecule has 27 heavy (non-hydrogen) atoms. The van der Waals surface area contributed by atoms with Crippen molar-refractivity contribution in [3.05, 3.63) is 57.7 Å². The number of hydrogen-bond acceptors (Lipinski definition) is 7. The van der Waals surface area contributed by atoms with Crippen LogP contribution in [0.3, 0.4) is 0 Å². The standard InChI is InChI=1S/C18H19N5O2S2/c1-11(2)9-13(21-15(24)12-3-5-19-6-4-12)17-22-14(10-27-17)16(25)23-18-20-7-8-26-18/h3-8,10-11,13H,9H2,1-2H3,(H,21,24)(H,20,23,25)/t13-/m1/s1. The Bertz CT molecular complexity index is 894. The minimum Gasteiger partial charge on any atom is -0.343 e. The summed E-state index contributed by atoms with van der Waals surface area (Å²) in [7, 11) is 0. The highest BCUT2D eigenvalue weighted by atomic mass is 32.1.